The molecule has 6 nitrogen and oxygen atoms in total. The number of carbonyl (C=O) groups is 1. The monoisotopic (exact) mass is 328 g/mol. The quantitative estimate of drug-likeness (QED) is 0.861. The van der Waals surface area contributed by atoms with E-state index in [0.717, 1.165) is 11.1 Å². The average Bonchev–Trinajstić information content (AvgIpc) is 2.67. The number of pyridine rings is 1. The molecule has 6 heteroatoms. The number of hydrogen-bond acceptors (Lipinski definition) is 5. The number of amides is 1. The highest BCUT2D eigenvalue weighted by molar-refractivity contribution is 5.95. The summed E-state index contributed by atoms with van der Waals surface area (Å²) in [5.74, 6) is 1.31. The lowest BCUT2D eigenvalue weighted by atomic mass is 10.0. The third kappa shape index (κ3) is 3.19. The van der Waals surface area contributed by atoms with Crippen molar-refractivity contribution in [2.45, 2.75) is 0 Å². The SMILES string of the molecule is COc1cccc(OC)c1-c1cncc(C(=O)N2CCOCC2)c1. The molecule has 1 aromatic carbocycles. The molecule has 2 aromatic rings. The number of methoxy groups -OCH3 is 2. The second-order valence-electron chi connectivity index (χ2n) is 5.40. The molecule has 0 atom stereocenters. The van der Waals surface area contributed by atoms with Crippen molar-refractivity contribution >= 4 is 5.91 Å². The summed E-state index contributed by atoms with van der Waals surface area (Å²) in [6, 6.07) is 7.39. The molecule has 0 saturated carbocycles. The Morgan fingerprint density at radius 3 is 2.42 bits per heavy atom. The van der Waals surface area contributed by atoms with Crippen LogP contribution in [0.15, 0.2) is 36.7 Å². The molecule has 0 radical (unpaired) electrons. The van der Waals surface area contributed by atoms with E-state index in [1.54, 1.807) is 31.5 Å². The van der Waals surface area contributed by atoms with E-state index in [9.17, 15) is 4.79 Å². The van der Waals surface area contributed by atoms with Crippen molar-refractivity contribution < 1.29 is 19.0 Å². The van der Waals surface area contributed by atoms with Crippen LogP contribution in [0.3, 0.4) is 0 Å². The zero-order chi connectivity index (χ0) is 16.9. The highest BCUT2D eigenvalue weighted by Crippen LogP contribution is 2.38. The van der Waals surface area contributed by atoms with Crippen LogP contribution in [0.5, 0.6) is 11.5 Å². The summed E-state index contributed by atoms with van der Waals surface area (Å²) in [6.07, 6.45) is 3.29. The fraction of sp³-hybridized carbons (Fsp3) is 0.333. The largest absolute Gasteiger partial charge is 0.496 e. The minimum Gasteiger partial charge on any atom is -0.496 e. The van der Waals surface area contributed by atoms with E-state index in [4.69, 9.17) is 14.2 Å². The van der Waals surface area contributed by atoms with Gasteiger partial charge in [0.1, 0.15) is 11.5 Å². The molecule has 1 aromatic heterocycles. The van der Waals surface area contributed by atoms with Gasteiger partial charge >= 0.3 is 0 Å². The van der Waals surface area contributed by atoms with Crippen LogP contribution in [-0.4, -0.2) is 56.3 Å². The number of nitrogens with zero attached hydrogens (tertiary/aromatic N) is 2. The summed E-state index contributed by atoms with van der Waals surface area (Å²) in [5.41, 5.74) is 2.11. The third-order valence-corrected chi connectivity index (χ3v) is 4.00. The number of morpholine rings is 1. The topological polar surface area (TPSA) is 60.9 Å². The molecule has 0 bridgehead atoms. The normalized spacial score (nSPS) is 14.3. The fourth-order valence-electron chi connectivity index (χ4n) is 2.78. The molecule has 3 rings (SSSR count). The Morgan fingerprint density at radius 2 is 1.79 bits per heavy atom. The smallest absolute Gasteiger partial charge is 0.255 e. The van der Waals surface area contributed by atoms with Crippen LogP contribution in [0.25, 0.3) is 11.1 Å². The summed E-state index contributed by atoms with van der Waals surface area (Å²) in [7, 11) is 3.21. The number of aromatic nitrogens is 1. The van der Waals surface area contributed by atoms with Gasteiger partial charge in [0, 0.05) is 31.0 Å². The number of ether oxygens (including phenoxy) is 3. The zero-order valence-corrected chi connectivity index (χ0v) is 13.8. The Hall–Kier alpha value is -2.60. The van der Waals surface area contributed by atoms with Crippen molar-refractivity contribution in [3.05, 3.63) is 42.2 Å². The minimum absolute atomic E-state index is 0.0403. The molecule has 0 unspecified atom stereocenters. The van der Waals surface area contributed by atoms with E-state index < -0.39 is 0 Å². The van der Waals surface area contributed by atoms with E-state index in [1.807, 2.05) is 24.3 Å². The Morgan fingerprint density at radius 1 is 1.12 bits per heavy atom. The molecule has 0 N–H and O–H groups in total. The fourth-order valence-corrected chi connectivity index (χ4v) is 2.78. The lowest BCUT2D eigenvalue weighted by Gasteiger charge is -2.26. The van der Waals surface area contributed by atoms with Gasteiger partial charge in [0.25, 0.3) is 5.91 Å². The first-order chi connectivity index (χ1) is 11.7. The van der Waals surface area contributed by atoms with Gasteiger partial charge in [-0.1, -0.05) is 6.07 Å². The first kappa shape index (κ1) is 16.3. The predicted octanol–water partition coefficient (Wildman–Crippen LogP) is 2.24. The highest BCUT2D eigenvalue weighted by atomic mass is 16.5. The van der Waals surface area contributed by atoms with Crippen LogP contribution in [0.2, 0.25) is 0 Å². The van der Waals surface area contributed by atoms with Gasteiger partial charge in [0.15, 0.2) is 0 Å². The predicted molar refractivity (Wildman–Crippen MR) is 89.5 cm³/mol. The summed E-state index contributed by atoms with van der Waals surface area (Å²) in [5, 5.41) is 0. The van der Waals surface area contributed by atoms with Gasteiger partial charge in [-0.05, 0) is 18.2 Å². The molecule has 1 amide bonds. The summed E-state index contributed by atoms with van der Waals surface area (Å²) in [4.78, 5) is 18.7. The van der Waals surface area contributed by atoms with Gasteiger partial charge in [-0.3, -0.25) is 9.78 Å². The molecule has 1 aliphatic rings. The average molecular weight is 328 g/mol. The second kappa shape index (κ2) is 7.31. The standard InChI is InChI=1S/C18H20N2O4/c1-22-15-4-3-5-16(23-2)17(15)13-10-14(12-19-11-13)18(21)20-6-8-24-9-7-20/h3-5,10-12H,6-9H2,1-2H3. The first-order valence-electron chi connectivity index (χ1n) is 7.78. The lowest BCUT2D eigenvalue weighted by Crippen LogP contribution is -2.40. The Bertz CT molecular complexity index is 704. The summed E-state index contributed by atoms with van der Waals surface area (Å²) >= 11 is 0. The van der Waals surface area contributed by atoms with E-state index in [2.05, 4.69) is 4.98 Å². The van der Waals surface area contributed by atoms with E-state index in [-0.39, 0.29) is 5.91 Å². The maximum absolute atomic E-state index is 12.7. The van der Waals surface area contributed by atoms with Crippen molar-refractivity contribution in [2.75, 3.05) is 40.5 Å². The van der Waals surface area contributed by atoms with Crippen LogP contribution in [0, 0.1) is 0 Å². The Labute approximate surface area is 141 Å². The van der Waals surface area contributed by atoms with Gasteiger partial charge in [-0.15, -0.1) is 0 Å². The van der Waals surface area contributed by atoms with E-state index in [1.165, 1.54) is 0 Å². The van der Waals surface area contributed by atoms with E-state index >= 15 is 0 Å². The first-order valence-corrected chi connectivity index (χ1v) is 7.78. The molecule has 2 heterocycles. The Kier molecular flexibility index (Phi) is 4.96. The van der Waals surface area contributed by atoms with Crippen molar-refractivity contribution in [2.24, 2.45) is 0 Å². The molecule has 0 spiro atoms. The van der Waals surface area contributed by atoms with Crippen molar-refractivity contribution in [1.82, 2.24) is 9.88 Å². The van der Waals surface area contributed by atoms with Crippen molar-refractivity contribution in [1.29, 1.82) is 0 Å². The maximum Gasteiger partial charge on any atom is 0.255 e. The molecule has 126 valence electrons. The molecule has 0 aliphatic carbocycles. The highest BCUT2D eigenvalue weighted by Gasteiger charge is 2.20. The number of benzene rings is 1. The van der Waals surface area contributed by atoms with Gasteiger partial charge in [0.2, 0.25) is 0 Å². The van der Waals surface area contributed by atoms with E-state index in [0.29, 0.717) is 43.4 Å². The molecule has 1 saturated heterocycles. The lowest BCUT2D eigenvalue weighted by molar-refractivity contribution is 0.0302. The maximum atomic E-state index is 12.7. The number of rotatable bonds is 4. The van der Waals surface area contributed by atoms with Gasteiger partial charge in [0.05, 0.1) is 38.6 Å². The van der Waals surface area contributed by atoms with Crippen molar-refractivity contribution in [3.8, 4) is 22.6 Å². The minimum atomic E-state index is -0.0403. The van der Waals surface area contributed by atoms with Gasteiger partial charge < -0.3 is 19.1 Å². The van der Waals surface area contributed by atoms with Crippen LogP contribution in [-0.2, 0) is 4.74 Å². The second-order valence-corrected chi connectivity index (χ2v) is 5.40. The van der Waals surface area contributed by atoms with Gasteiger partial charge in [-0.25, -0.2) is 0 Å². The van der Waals surface area contributed by atoms with Crippen LogP contribution in [0.4, 0.5) is 0 Å². The molecular formula is C18H20N2O4. The summed E-state index contributed by atoms with van der Waals surface area (Å²) < 4.78 is 16.2. The van der Waals surface area contributed by atoms with Gasteiger partial charge in [-0.2, -0.15) is 0 Å². The van der Waals surface area contributed by atoms with Crippen LogP contribution in [0.1, 0.15) is 10.4 Å². The molecule has 1 aliphatic heterocycles. The van der Waals surface area contributed by atoms with Crippen LogP contribution >= 0.6 is 0 Å². The van der Waals surface area contributed by atoms with Crippen molar-refractivity contribution in [3.63, 3.8) is 0 Å². The Balaban J connectivity index is 1.98. The zero-order valence-electron chi connectivity index (χ0n) is 13.8. The summed E-state index contributed by atoms with van der Waals surface area (Å²) in [6.45, 7) is 2.33. The molecule has 24 heavy (non-hydrogen) atoms. The molecular weight excluding hydrogens is 308 g/mol. The number of carbonyl (C=O) groups excluding carboxylic acids is 1. The third-order valence-electron chi connectivity index (χ3n) is 4.00. The molecule has 1 fully saturated rings. The van der Waals surface area contributed by atoms with Crippen LogP contribution < -0.4 is 9.47 Å². The number of hydrogen-bond donors (Lipinski definition) is 0.